The van der Waals surface area contributed by atoms with Crippen molar-refractivity contribution < 1.29 is 14.3 Å². The van der Waals surface area contributed by atoms with Crippen molar-refractivity contribution >= 4 is 58.0 Å². The zero-order valence-corrected chi connectivity index (χ0v) is 15.7. The molecular weight excluding hydrogens is 387 g/mol. The molecule has 0 bridgehead atoms. The van der Waals surface area contributed by atoms with Gasteiger partial charge in [0.15, 0.2) is 6.10 Å². The van der Waals surface area contributed by atoms with Gasteiger partial charge in [0.25, 0.3) is 5.91 Å². The predicted octanol–water partition coefficient (Wildman–Crippen LogP) is 5.01. The lowest BCUT2D eigenvalue weighted by molar-refractivity contribution is -0.122. The smallest absolute Gasteiger partial charge is 0.265 e. The highest BCUT2D eigenvalue weighted by molar-refractivity contribution is 6.43. The molecule has 0 unspecified atom stereocenters. The van der Waals surface area contributed by atoms with Gasteiger partial charge in [0.1, 0.15) is 5.75 Å². The number of anilines is 2. The molecule has 0 saturated heterocycles. The molecular formula is C17H15Cl3N2O3. The lowest BCUT2D eigenvalue weighted by atomic mass is 10.2. The van der Waals surface area contributed by atoms with Crippen LogP contribution in [0.2, 0.25) is 15.1 Å². The van der Waals surface area contributed by atoms with Crippen LogP contribution in [0.3, 0.4) is 0 Å². The van der Waals surface area contributed by atoms with Crippen molar-refractivity contribution in [3.05, 3.63) is 51.5 Å². The van der Waals surface area contributed by atoms with E-state index in [1.807, 2.05) is 0 Å². The van der Waals surface area contributed by atoms with Crippen LogP contribution in [0.5, 0.6) is 5.75 Å². The van der Waals surface area contributed by atoms with Gasteiger partial charge >= 0.3 is 0 Å². The second kappa shape index (κ2) is 8.43. The maximum absolute atomic E-state index is 12.2. The Balaban J connectivity index is 2.00. The predicted molar refractivity (Wildman–Crippen MR) is 101 cm³/mol. The summed E-state index contributed by atoms with van der Waals surface area (Å²) in [6.07, 6.45) is -0.815. The fraction of sp³-hybridized carbons (Fsp3) is 0.176. The van der Waals surface area contributed by atoms with E-state index in [0.29, 0.717) is 16.4 Å². The number of carbonyl (C=O) groups excluding carboxylic acids is 2. The Labute approximate surface area is 160 Å². The van der Waals surface area contributed by atoms with Crippen molar-refractivity contribution in [3.63, 3.8) is 0 Å². The maximum Gasteiger partial charge on any atom is 0.265 e. The number of nitrogens with one attached hydrogen (secondary N) is 2. The van der Waals surface area contributed by atoms with Gasteiger partial charge < -0.3 is 15.4 Å². The van der Waals surface area contributed by atoms with Crippen molar-refractivity contribution in [1.82, 2.24) is 0 Å². The molecule has 2 rings (SSSR count). The molecule has 0 spiro atoms. The van der Waals surface area contributed by atoms with Gasteiger partial charge in [0.2, 0.25) is 5.91 Å². The number of hydrogen-bond acceptors (Lipinski definition) is 3. The summed E-state index contributed by atoms with van der Waals surface area (Å²) in [6, 6.07) is 9.60. The van der Waals surface area contributed by atoms with Crippen LogP contribution < -0.4 is 15.4 Å². The molecule has 2 N–H and O–H groups in total. The van der Waals surface area contributed by atoms with Crippen LogP contribution in [0, 0.1) is 0 Å². The van der Waals surface area contributed by atoms with Gasteiger partial charge in [0, 0.05) is 24.4 Å². The quantitative estimate of drug-likeness (QED) is 0.692. The van der Waals surface area contributed by atoms with Crippen molar-refractivity contribution in [1.29, 1.82) is 0 Å². The SMILES string of the molecule is CC(=O)Nc1ccc(NC(=O)[C@@H](C)Oc2cc(Cl)c(Cl)cc2Cl)cc1. The molecule has 0 saturated carbocycles. The molecule has 0 aliphatic carbocycles. The van der Waals surface area contributed by atoms with E-state index in [0.717, 1.165) is 0 Å². The first-order valence-electron chi connectivity index (χ1n) is 7.26. The first-order valence-corrected chi connectivity index (χ1v) is 8.39. The van der Waals surface area contributed by atoms with E-state index >= 15 is 0 Å². The third kappa shape index (κ3) is 5.53. The van der Waals surface area contributed by atoms with Gasteiger partial charge in [-0.1, -0.05) is 34.8 Å². The van der Waals surface area contributed by atoms with Crippen LogP contribution in [0.1, 0.15) is 13.8 Å². The van der Waals surface area contributed by atoms with Crippen LogP contribution in [0.4, 0.5) is 11.4 Å². The lowest BCUT2D eigenvalue weighted by Gasteiger charge is -2.16. The molecule has 0 aromatic heterocycles. The molecule has 25 heavy (non-hydrogen) atoms. The number of rotatable bonds is 5. The monoisotopic (exact) mass is 400 g/mol. The molecule has 0 aliphatic heterocycles. The molecule has 132 valence electrons. The summed E-state index contributed by atoms with van der Waals surface area (Å²) in [4.78, 5) is 23.2. The molecule has 2 aromatic rings. The van der Waals surface area contributed by atoms with Crippen molar-refractivity contribution in [2.75, 3.05) is 10.6 Å². The lowest BCUT2D eigenvalue weighted by Crippen LogP contribution is -2.30. The third-order valence-electron chi connectivity index (χ3n) is 3.12. The van der Waals surface area contributed by atoms with E-state index in [9.17, 15) is 9.59 Å². The Hall–Kier alpha value is -1.95. The largest absolute Gasteiger partial charge is 0.479 e. The Morgan fingerprint density at radius 1 is 0.920 bits per heavy atom. The molecule has 0 fully saturated rings. The molecule has 2 aromatic carbocycles. The molecule has 1 atom stereocenters. The molecule has 2 amide bonds. The zero-order valence-electron chi connectivity index (χ0n) is 13.4. The number of ether oxygens (including phenoxy) is 1. The summed E-state index contributed by atoms with van der Waals surface area (Å²) in [5, 5.41) is 6.19. The second-order valence-corrected chi connectivity index (χ2v) is 6.43. The molecule has 0 heterocycles. The Morgan fingerprint density at radius 2 is 1.44 bits per heavy atom. The van der Waals surface area contributed by atoms with Crippen LogP contribution in [-0.4, -0.2) is 17.9 Å². The number of hydrogen-bond donors (Lipinski definition) is 2. The van der Waals surface area contributed by atoms with E-state index < -0.39 is 6.10 Å². The van der Waals surface area contributed by atoms with Gasteiger partial charge in [-0.15, -0.1) is 0 Å². The third-order valence-corrected chi connectivity index (χ3v) is 4.14. The Morgan fingerprint density at radius 3 is 2.00 bits per heavy atom. The van der Waals surface area contributed by atoms with Crippen LogP contribution in [-0.2, 0) is 9.59 Å². The first-order chi connectivity index (χ1) is 11.8. The summed E-state index contributed by atoms with van der Waals surface area (Å²) in [5.41, 5.74) is 1.20. The van der Waals surface area contributed by atoms with Crippen molar-refractivity contribution in [2.45, 2.75) is 20.0 Å². The number of halogens is 3. The standard InChI is InChI=1S/C17H15Cl3N2O3/c1-9(25-16-8-14(19)13(18)7-15(16)20)17(24)22-12-5-3-11(4-6-12)21-10(2)23/h3-9H,1-2H3,(H,21,23)(H,22,24)/t9-/m1/s1. The van der Waals surface area contributed by atoms with E-state index in [2.05, 4.69) is 10.6 Å². The van der Waals surface area contributed by atoms with Gasteiger partial charge in [-0.05, 0) is 37.3 Å². The summed E-state index contributed by atoms with van der Waals surface area (Å²) < 4.78 is 5.55. The van der Waals surface area contributed by atoms with Crippen LogP contribution >= 0.6 is 34.8 Å². The van der Waals surface area contributed by atoms with Crippen LogP contribution in [0.15, 0.2) is 36.4 Å². The average molecular weight is 402 g/mol. The Bertz CT molecular complexity index is 794. The average Bonchev–Trinajstić information content (AvgIpc) is 2.53. The van der Waals surface area contributed by atoms with Gasteiger partial charge in [-0.25, -0.2) is 0 Å². The second-order valence-electron chi connectivity index (χ2n) is 5.20. The summed E-state index contributed by atoms with van der Waals surface area (Å²) >= 11 is 17.8. The maximum atomic E-state index is 12.2. The fourth-order valence-electron chi connectivity index (χ4n) is 1.92. The minimum atomic E-state index is -0.815. The molecule has 0 aliphatic rings. The summed E-state index contributed by atoms with van der Waals surface area (Å²) in [5.74, 6) is -0.272. The number of carbonyl (C=O) groups is 2. The van der Waals surface area contributed by atoms with E-state index in [1.54, 1.807) is 31.2 Å². The fourth-order valence-corrected chi connectivity index (χ4v) is 2.50. The summed E-state index contributed by atoms with van der Waals surface area (Å²) in [6.45, 7) is 3.00. The minimum absolute atomic E-state index is 0.169. The minimum Gasteiger partial charge on any atom is -0.479 e. The highest BCUT2D eigenvalue weighted by Crippen LogP contribution is 2.34. The van der Waals surface area contributed by atoms with Gasteiger partial charge in [-0.3, -0.25) is 9.59 Å². The first kappa shape index (κ1) is 19.4. The van der Waals surface area contributed by atoms with Crippen molar-refractivity contribution in [2.24, 2.45) is 0 Å². The Kier molecular flexibility index (Phi) is 6.53. The van der Waals surface area contributed by atoms with Gasteiger partial charge in [-0.2, -0.15) is 0 Å². The molecule has 0 radical (unpaired) electrons. The van der Waals surface area contributed by atoms with Crippen LogP contribution in [0.25, 0.3) is 0 Å². The van der Waals surface area contributed by atoms with E-state index in [1.165, 1.54) is 19.1 Å². The van der Waals surface area contributed by atoms with Gasteiger partial charge in [0.05, 0.1) is 15.1 Å². The topological polar surface area (TPSA) is 67.4 Å². The molecule has 5 nitrogen and oxygen atoms in total. The number of amides is 2. The van der Waals surface area contributed by atoms with Crippen molar-refractivity contribution in [3.8, 4) is 5.75 Å². The highest BCUT2D eigenvalue weighted by Gasteiger charge is 2.17. The number of benzene rings is 2. The molecule has 8 heteroatoms. The normalized spacial score (nSPS) is 11.6. The zero-order chi connectivity index (χ0) is 18.6. The highest BCUT2D eigenvalue weighted by atomic mass is 35.5. The van der Waals surface area contributed by atoms with E-state index in [4.69, 9.17) is 39.5 Å². The van der Waals surface area contributed by atoms with E-state index in [-0.39, 0.29) is 27.6 Å². The summed E-state index contributed by atoms with van der Waals surface area (Å²) in [7, 11) is 0.